The molecule has 0 unspecified atom stereocenters. The first-order chi connectivity index (χ1) is 8.19. The number of hydrogen-bond donors (Lipinski definition) is 1. The molecule has 3 nitrogen and oxygen atoms in total. The molecule has 1 heterocycles. The molecule has 0 spiro atoms. The van der Waals surface area contributed by atoms with Crippen LogP contribution in [-0.2, 0) is 6.54 Å². The Morgan fingerprint density at radius 1 is 1.41 bits per heavy atom. The van der Waals surface area contributed by atoms with Crippen LogP contribution in [0.1, 0.15) is 32.3 Å². The van der Waals surface area contributed by atoms with Gasteiger partial charge in [0.05, 0.1) is 0 Å². The first-order valence-electron chi connectivity index (χ1n) is 6.25. The van der Waals surface area contributed by atoms with Crippen molar-refractivity contribution in [3.8, 4) is 0 Å². The van der Waals surface area contributed by atoms with Crippen LogP contribution in [0.3, 0.4) is 0 Å². The monoisotopic (exact) mass is 299 g/mol. The van der Waals surface area contributed by atoms with Crippen LogP contribution >= 0.6 is 15.9 Å². The summed E-state index contributed by atoms with van der Waals surface area (Å²) in [6, 6.07) is 2.15. The Kier molecular flexibility index (Phi) is 6.52. The highest BCUT2D eigenvalue weighted by molar-refractivity contribution is 9.10. The molecule has 0 aromatic carbocycles. The Labute approximate surface area is 113 Å². The van der Waals surface area contributed by atoms with Crippen LogP contribution < -0.4 is 10.2 Å². The smallest absolute Gasteiger partial charge is 0.132 e. The zero-order valence-electron chi connectivity index (χ0n) is 11.0. The van der Waals surface area contributed by atoms with Gasteiger partial charge in [-0.1, -0.05) is 20.3 Å². The molecule has 0 amide bonds. The summed E-state index contributed by atoms with van der Waals surface area (Å²) in [6.07, 6.45) is 4.28. The molecule has 0 aliphatic heterocycles. The highest BCUT2D eigenvalue weighted by atomic mass is 79.9. The van der Waals surface area contributed by atoms with Crippen molar-refractivity contribution in [1.29, 1.82) is 0 Å². The van der Waals surface area contributed by atoms with Gasteiger partial charge in [-0.25, -0.2) is 4.98 Å². The van der Waals surface area contributed by atoms with Crippen LogP contribution in [0.2, 0.25) is 0 Å². The van der Waals surface area contributed by atoms with Gasteiger partial charge in [0.15, 0.2) is 0 Å². The summed E-state index contributed by atoms with van der Waals surface area (Å²) >= 11 is 3.48. The molecule has 1 aromatic heterocycles. The lowest BCUT2D eigenvalue weighted by atomic mass is 10.2. The standard InChI is InChI=1S/C13H22BrN3/c1-4-6-7-17(3)13-11(9-15-5-2)8-12(14)10-16-13/h8,10,15H,4-7,9H2,1-3H3. The van der Waals surface area contributed by atoms with E-state index >= 15 is 0 Å². The number of rotatable bonds is 7. The predicted octanol–water partition coefficient (Wildman–Crippen LogP) is 3.19. The highest BCUT2D eigenvalue weighted by Gasteiger charge is 2.09. The molecule has 0 atom stereocenters. The van der Waals surface area contributed by atoms with Crippen LogP contribution in [0.5, 0.6) is 0 Å². The number of halogens is 1. The molecule has 4 heteroatoms. The summed E-state index contributed by atoms with van der Waals surface area (Å²) in [7, 11) is 2.11. The largest absolute Gasteiger partial charge is 0.359 e. The summed E-state index contributed by atoms with van der Waals surface area (Å²) in [5, 5.41) is 3.36. The molecule has 0 aliphatic rings. The van der Waals surface area contributed by atoms with Crippen LogP contribution in [0.25, 0.3) is 0 Å². The predicted molar refractivity (Wildman–Crippen MR) is 77.5 cm³/mol. The summed E-state index contributed by atoms with van der Waals surface area (Å²) in [4.78, 5) is 6.76. The van der Waals surface area contributed by atoms with Gasteiger partial charge in [0.1, 0.15) is 5.82 Å². The maximum absolute atomic E-state index is 4.52. The van der Waals surface area contributed by atoms with Crippen LogP contribution in [0.15, 0.2) is 16.7 Å². The molecule has 0 saturated carbocycles. The summed E-state index contributed by atoms with van der Waals surface area (Å²) < 4.78 is 1.04. The van der Waals surface area contributed by atoms with E-state index < -0.39 is 0 Å². The Bertz CT molecular complexity index is 341. The summed E-state index contributed by atoms with van der Waals surface area (Å²) in [6.45, 7) is 7.23. The van der Waals surface area contributed by atoms with Gasteiger partial charge in [0.2, 0.25) is 0 Å². The molecule has 0 fully saturated rings. The molecule has 0 bridgehead atoms. The second kappa shape index (κ2) is 7.67. The molecular formula is C13H22BrN3. The fourth-order valence-corrected chi connectivity index (χ4v) is 2.09. The first-order valence-corrected chi connectivity index (χ1v) is 7.04. The third kappa shape index (κ3) is 4.64. The van der Waals surface area contributed by atoms with Gasteiger partial charge in [-0.15, -0.1) is 0 Å². The fraction of sp³-hybridized carbons (Fsp3) is 0.615. The maximum atomic E-state index is 4.52. The number of hydrogen-bond acceptors (Lipinski definition) is 3. The molecule has 1 N–H and O–H groups in total. The minimum atomic E-state index is 0.870. The van der Waals surface area contributed by atoms with E-state index in [2.05, 4.69) is 58.1 Å². The molecule has 1 aromatic rings. The number of unbranched alkanes of at least 4 members (excludes halogenated alkanes) is 1. The van der Waals surface area contributed by atoms with Crippen LogP contribution in [0.4, 0.5) is 5.82 Å². The van der Waals surface area contributed by atoms with E-state index in [4.69, 9.17) is 0 Å². The van der Waals surface area contributed by atoms with Crippen molar-refractivity contribution in [3.63, 3.8) is 0 Å². The minimum Gasteiger partial charge on any atom is -0.359 e. The van der Waals surface area contributed by atoms with E-state index in [0.717, 1.165) is 29.9 Å². The van der Waals surface area contributed by atoms with E-state index in [1.807, 2.05) is 6.20 Å². The number of aromatic nitrogens is 1. The van der Waals surface area contributed by atoms with Gasteiger partial charge < -0.3 is 10.2 Å². The van der Waals surface area contributed by atoms with Gasteiger partial charge in [-0.2, -0.15) is 0 Å². The van der Waals surface area contributed by atoms with Crippen LogP contribution in [0, 0.1) is 0 Å². The van der Waals surface area contributed by atoms with E-state index in [1.165, 1.54) is 18.4 Å². The second-order valence-electron chi connectivity index (χ2n) is 4.19. The van der Waals surface area contributed by atoms with E-state index in [-0.39, 0.29) is 0 Å². The third-order valence-corrected chi connectivity index (χ3v) is 3.12. The van der Waals surface area contributed by atoms with Crippen molar-refractivity contribution < 1.29 is 0 Å². The van der Waals surface area contributed by atoms with Crippen molar-refractivity contribution in [1.82, 2.24) is 10.3 Å². The topological polar surface area (TPSA) is 28.2 Å². The molecule has 0 aliphatic carbocycles. The SMILES string of the molecule is CCCCN(C)c1ncc(Br)cc1CNCC. The fourth-order valence-electron chi connectivity index (χ4n) is 1.71. The zero-order chi connectivity index (χ0) is 12.7. The Morgan fingerprint density at radius 3 is 2.82 bits per heavy atom. The molecule has 0 radical (unpaired) electrons. The van der Waals surface area contributed by atoms with E-state index in [0.29, 0.717) is 0 Å². The van der Waals surface area contributed by atoms with Crippen molar-refractivity contribution in [3.05, 3.63) is 22.3 Å². The minimum absolute atomic E-state index is 0.870. The Balaban J connectivity index is 2.80. The molecule has 96 valence electrons. The first kappa shape index (κ1) is 14.5. The lowest BCUT2D eigenvalue weighted by Crippen LogP contribution is -2.23. The van der Waals surface area contributed by atoms with Crippen molar-refractivity contribution in [2.45, 2.75) is 33.2 Å². The average molecular weight is 300 g/mol. The van der Waals surface area contributed by atoms with Gasteiger partial charge >= 0.3 is 0 Å². The Hall–Kier alpha value is -0.610. The van der Waals surface area contributed by atoms with Crippen LogP contribution in [-0.4, -0.2) is 25.1 Å². The number of nitrogens with zero attached hydrogens (tertiary/aromatic N) is 2. The molecular weight excluding hydrogens is 278 g/mol. The average Bonchev–Trinajstić information content (AvgIpc) is 2.33. The second-order valence-corrected chi connectivity index (χ2v) is 5.11. The van der Waals surface area contributed by atoms with E-state index in [9.17, 15) is 0 Å². The third-order valence-electron chi connectivity index (χ3n) is 2.68. The number of anilines is 1. The Morgan fingerprint density at radius 2 is 2.18 bits per heavy atom. The lowest BCUT2D eigenvalue weighted by molar-refractivity contribution is 0.711. The van der Waals surface area contributed by atoms with Crippen molar-refractivity contribution >= 4 is 21.7 Å². The number of pyridine rings is 1. The molecule has 17 heavy (non-hydrogen) atoms. The van der Waals surface area contributed by atoms with E-state index in [1.54, 1.807) is 0 Å². The van der Waals surface area contributed by atoms with Crippen molar-refractivity contribution in [2.24, 2.45) is 0 Å². The lowest BCUT2D eigenvalue weighted by Gasteiger charge is -2.21. The van der Waals surface area contributed by atoms with Crippen molar-refractivity contribution in [2.75, 3.05) is 25.0 Å². The summed E-state index contributed by atoms with van der Waals surface area (Å²) in [5.74, 6) is 1.09. The van der Waals surface area contributed by atoms with Gasteiger partial charge in [-0.3, -0.25) is 0 Å². The molecule has 0 saturated heterocycles. The van der Waals surface area contributed by atoms with Gasteiger partial charge in [-0.05, 0) is 35.0 Å². The maximum Gasteiger partial charge on any atom is 0.132 e. The highest BCUT2D eigenvalue weighted by Crippen LogP contribution is 2.21. The zero-order valence-corrected chi connectivity index (χ0v) is 12.5. The van der Waals surface area contributed by atoms with Gasteiger partial charge in [0, 0.05) is 36.4 Å². The molecule has 1 rings (SSSR count). The van der Waals surface area contributed by atoms with Gasteiger partial charge in [0.25, 0.3) is 0 Å². The quantitative estimate of drug-likeness (QED) is 0.838. The summed E-state index contributed by atoms with van der Waals surface area (Å²) in [5.41, 5.74) is 1.25. The number of nitrogens with one attached hydrogen (secondary N) is 1. The normalized spacial score (nSPS) is 10.6.